The van der Waals surface area contributed by atoms with E-state index in [1.807, 2.05) is 20.4 Å². The smallest absolute Gasteiger partial charge is 0.254 e. The van der Waals surface area contributed by atoms with E-state index in [9.17, 15) is 9.59 Å². The van der Waals surface area contributed by atoms with Gasteiger partial charge in [0.05, 0.1) is 11.2 Å². The highest BCUT2D eigenvalue weighted by molar-refractivity contribution is 5.99. The SMILES string of the molecule is N[C@@H]1[C@@H]2CC[C@H]1N(C(=O)c1cc(F)c3c(c1)nc(-c1cc4ccccc4n1CC1CC1)n3CC1CN(C(=O)c3ccncc3)C1)C2. The quantitative estimate of drug-likeness (QED) is 0.279. The molecular weight excluding hydrogens is 581 g/mol. The van der Waals surface area contributed by atoms with Gasteiger partial charge < -0.3 is 24.7 Å². The van der Waals surface area contributed by atoms with Crippen LogP contribution >= 0.6 is 0 Å². The molecule has 4 aliphatic rings. The van der Waals surface area contributed by atoms with Gasteiger partial charge in [-0.15, -0.1) is 0 Å². The fourth-order valence-electron chi connectivity index (χ4n) is 8.10. The molecule has 10 heteroatoms. The lowest BCUT2D eigenvalue weighted by molar-refractivity contribution is 0.0471. The van der Waals surface area contributed by atoms with Crippen molar-refractivity contribution in [2.45, 2.75) is 50.9 Å². The molecule has 2 aliphatic heterocycles. The van der Waals surface area contributed by atoms with Crippen LogP contribution in [-0.4, -0.2) is 72.4 Å². The number of amides is 2. The number of benzene rings is 2. The first-order chi connectivity index (χ1) is 22.4. The summed E-state index contributed by atoms with van der Waals surface area (Å²) in [7, 11) is 0. The second kappa shape index (κ2) is 10.5. The van der Waals surface area contributed by atoms with Gasteiger partial charge >= 0.3 is 0 Å². The van der Waals surface area contributed by atoms with Gasteiger partial charge in [0.15, 0.2) is 5.82 Å². The number of nitrogens with two attached hydrogens (primary N) is 1. The number of halogens is 1. The predicted molar refractivity (Wildman–Crippen MR) is 173 cm³/mol. The number of likely N-dealkylation sites (tertiary alicyclic amines) is 2. The van der Waals surface area contributed by atoms with Gasteiger partial charge in [0, 0.05) is 85.1 Å². The molecule has 46 heavy (non-hydrogen) atoms. The summed E-state index contributed by atoms with van der Waals surface area (Å²) in [5, 5.41) is 1.12. The average molecular weight is 618 g/mol. The summed E-state index contributed by atoms with van der Waals surface area (Å²) < 4.78 is 20.7. The largest absolute Gasteiger partial charge is 0.338 e. The highest BCUT2D eigenvalue weighted by Crippen LogP contribution is 2.40. The van der Waals surface area contributed by atoms with Crippen LogP contribution in [0.2, 0.25) is 0 Å². The van der Waals surface area contributed by atoms with E-state index in [-0.39, 0.29) is 29.8 Å². The monoisotopic (exact) mass is 617 g/mol. The third kappa shape index (κ3) is 4.45. The summed E-state index contributed by atoms with van der Waals surface area (Å²) >= 11 is 0. The van der Waals surface area contributed by atoms with E-state index in [2.05, 4.69) is 33.8 Å². The lowest BCUT2D eigenvalue weighted by Crippen LogP contribution is -2.51. The van der Waals surface area contributed by atoms with Gasteiger partial charge in [0.2, 0.25) is 0 Å². The van der Waals surface area contributed by atoms with Crippen LogP contribution < -0.4 is 5.73 Å². The van der Waals surface area contributed by atoms with Gasteiger partial charge in [-0.1, -0.05) is 18.2 Å². The Balaban J connectivity index is 1.11. The molecule has 3 aromatic heterocycles. The van der Waals surface area contributed by atoms with Crippen molar-refractivity contribution in [2.24, 2.45) is 23.5 Å². The zero-order valence-electron chi connectivity index (χ0n) is 25.6. The maximum Gasteiger partial charge on any atom is 0.254 e. The minimum absolute atomic E-state index is 0.00999. The Kier molecular flexibility index (Phi) is 6.32. The van der Waals surface area contributed by atoms with E-state index in [0.29, 0.717) is 66.0 Å². The van der Waals surface area contributed by atoms with Crippen molar-refractivity contribution in [3.8, 4) is 11.5 Å². The Morgan fingerprint density at radius 1 is 0.848 bits per heavy atom. The minimum Gasteiger partial charge on any atom is -0.338 e. The van der Waals surface area contributed by atoms with Crippen LogP contribution in [0.15, 0.2) is 67.0 Å². The molecule has 2 aliphatic carbocycles. The number of nitrogens with zero attached hydrogens (tertiary/aromatic N) is 6. The van der Waals surface area contributed by atoms with Crippen LogP contribution in [0.1, 0.15) is 46.4 Å². The standard InChI is InChI=1S/C36H36FN7O2/c37-27-13-26(36(46)43-20-25-7-8-30(43)32(25)38)14-28-33(27)44(19-22-16-41(17-22)35(45)23-9-11-39-12-10-23)34(40-28)31-15-24-3-1-2-4-29(24)42(31)18-21-5-6-21/h1-4,9-15,21-22,25,30,32H,5-8,16-20,38H2/t25-,30-,32-/m1/s1. The van der Waals surface area contributed by atoms with Crippen LogP contribution in [0.3, 0.4) is 0 Å². The summed E-state index contributed by atoms with van der Waals surface area (Å²) in [5.74, 6) is 1.10. The van der Waals surface area contributed by atoms with Crippen molar-refractivity contribution < 1.29 is 14.0 Å². The summed E-state index contributed by atoms with van der Waals surface area (Å²) in [5.41, 5.74) is 10.3. The number of imidazole rings is 1. The molecule has 234 valence electrons. The van der Waals surface area contributed by atoms with Crippen molar-refractivity contribution in [3.63, 3.8) is 0 Å². The molecular formula is C36H36FN7O2. The fraction of sp³-hybridized carbons (Fsp3) is 0.389. The molecule has 9 rings (SSSR count). The van der Waals surface area contributed by atoms with E-state index in [4.69, 9.17) is 10.7 Å². The Morgan fingerprint density at radius 2 is 1.63 bits per heavy atom. The van der Waals surface area contributed by atoms with Crippen molar-refractivity contribution in [3.05, 3.63) is 83.9 Å². The van der Waals surface area contributed by atoms with Gasteiger partial charge in [0.1, 0.15) is 11.3 Å². The van der Waals surface area contributed by atoms with E-state index in [0.717, 1.165) is 36.0 Å². The third-order valence-electron chi connectivity index (χ3n) is 10.7. The van der Waals surface area contributed by atoms with Crippen molar-refractivity contribution >= 4 is 33.8 Å². The maximum atomic E-state index is 16.3. The average Bonchev–Trinajstić information content (AvgIpc) is 3.40. The number of rotatable bonds is 7. The van der Waals surface area contributed by atoms with E-state index in [1.165, 1.54) is 18.9 Å². The van der Waals surface area contributed by atoms with Crippen molar-refractivity contribution in [1.82, 2.24) is 28.9 Å². The number of piperidine rings is 1. The number of pyridine rings is 1. The molecule has 2 amide bonds. The second-order valence-corrected chi connectivity index (χ2v) is 13.8. The van der Waals surface area contributed by atoms with Crippen LogP contribution in [0.5, 0.6) is 0 Å². The first kappa shape index (κ1) is 27.7. The first-order valence-corrected chi connectivity index (χ1v) is 16.5. The van der Waals surface area contributed by atoms with Crippen LogP contribution in [0.25, 0.3) is 33.5 Å². The zero-order chi connectivity index (χ0) is 31.1. The minimum atomic E-state index is -0.456. The molecule has 5 aromatic rings. The first-order valence-electron chi connectivity index (χ1n) is 16.5. The molecule has 4 fully saturated rings. The number of para-hydroxylation sites is 1. The normalized spacial score (nSPS) is 22.7. The molecule has 2 N–H and O–H groups in total. The summed E-state index contributed by atoms with van der Waals surface area (Å²) in [6.45, 7) is 3.16. The number of carbonyl (C=O) groups excluding carboxylic acids is 2. The van der Waals surface area contributed by atoms with Crippen LogP contribution in [0.4, 0.5) is 4.39 Å². The highest BCUT2D eigenvalue weighted by atomic mass is 19.1. The van der Waals surface area contributed by atoms with Crippen molar-refractivity contribution in [1.29, 1.82) is 0 Å². The van der Waals surface area contributed by atoms with Gasteiger partial charge in [-0.3, -0.25) is 14.6 Å². The molecule has 9 nitrogen and oxygen atoms in total. The van der Waals surface area contributed by atoms with E-state index >= 15 is 4.39 Å². The topological polar surface area (TPSA) is 102 Å². The Hall–Kier alpha value is -4.57. The number of carbonyl (C=O) groups is 2. The Labute approximate surface area is 265 Å². The molecule has 5 heterocycles. The highest BCUT2D eigenvalue weighted by Gasteiger charge is 2.47. The maximum absolute atomic E-state index is 16.3. The van der Waals surface area contributed by atoms with Gasteiger partial charge in [-0.2, -0.15) is 0 Å². The van der Waals surface area contributed by atoms with Gasteiger partial charge in [-0.05, 0) is 73.9 Å². The molecule has 0 unspecified atom stereocenters. The molecule has 2 saturated carbocycles. The number of aromatic nitrogens is 4. The summed E-state index contributed by atoms with van der Waals surface area (Å²) in [4.78, 5) is 39.5. The molecule has 2 aromatic carbocycles. The summed E-state index contributed by atoms with van der Waals surface area (Å²) in [6.07, 6.45) is 7.59. The number of fused-ring (bicyclic) bond motifs is 4. The lowest BCUT2D eigenvalue weighted by Gasteiger charge is -2.39. The Morgan fingerprint density at radius 3 is 2.37 bits per heavy atom. The van der Waals surface area contributed by atoms with Crippen LogP contribution in [0, 0.1) is 23.6 Å². The zero-order valence-corrected chi connectivity index (χ0v) is 25.6. The van der Waals surface area contributed by atoms with Gasteiger partial charge in [-0.25, -0.2) is 9.37 Å². The molecule has 2 bridgehead atoms. The van der Waals surface area contributed by atoms with Crippen LogP contribution in [-0.2, 0) is 13.1 Å². The van der Waals surface area contributed by atoms with E-state index in [1.54, 1.807) is 30.6 Å². The molecule has 2 saturated heterocycles. The summed E-state index contributed by atoms with van der Waals surface area (Å²) in [6, 6.07) is 17.1. The molecule has 3 atom stereocenters. The molecule has 0 spiro atoms. The fourth-order valence-corrected chi connectivity index (χ4v) is 8.10. The Bertz CT molecular complexity index is 2010. The number of hydrogen-bond donors (Lipinski definition) is 1. The van der Waals surface area contributed by atoms with Gasteiger partial charge in [0.25, 0.3) is 11.8 Å². The third-order valence-corrected chi connectivity index (χ3v) is 10.7. The number of hydrogen-bond acceptors (Lipinski definition) is 5. The second-order valence-electron chi connectivity index (χ2n) is 13.8. The predicted octanol–water partition coefficient (Wildman–Crippen LogP) is 4.94. The lowest BCUT2D eigenvalue weighted by atomic mass is 9.98. The van der Waals surface area contributed by atoms with E-state index < -0.39 is 5.82 Å². The molecule has 0 radical (unpaired) electrons. The van der Waals surface area contributed by atoms with Crippen molar-refractivity contribution in [2.75, 3.05) is 19.6 Å².